The Morgan fingerprint density at radius 1 is 0.775 bits per heavy atom. The maximum Gasteiger partial charge on any atom is 0.276 e. The topological polar surface area (TPSA) is 118 Å². The van der Waals surface area contributed by atoms with Crippen LogP contribution in [0.3, 0.4) is 0 Å². The molecule has 0 aliphatic carbocycles. The molecule has 40 heavy (non-hydrogen) atoms. The van der Waals surface area contributed by atoms with E-state index in [0.717, 1.165) is 0 Å². The first-order valence-corrected chi connectivity index (χ1v) is 12.0. The second-order valence-corrected chi connectivity index (χ2v) is 8.47. The Kier molecular flexibility index (Phi) is 8.68. The Hall–Kier alpha value is -5.70. The highest BCUT2D eigenvalue weighted by Crippen LogP contribution is 2.20. The van der Waals surface area contributed by atoms with E-state index >= 15 is 0 Å². The van der Waals surface area contributed by atoms with Gasteiger partial charge in [0.2, 0.25) is 0 Å². The Morgan fingerprint density at radius 2 is 1.43 bits per heavy atom. The standard InChI is InChI=1S/C31H22FN3O5/c32-25-15-10-21(11-16-25)20-27(34-30(37)24-7-2-1-3-8-24)31(38)33-26-17-12-23(13-18-26)29(36)19-14-22-6-4-5-9-28(22)35(39)40/h1-20H,(H,33,38)(H,34,37)/b19-14+,27-20-. The number of amides is 2. The number of hydrogen-bond acceptors (Lipinski definition) is 5. The number of para-hydroxylation sites is 1. The summed E-state index contributed by atoms with van der Waals surface area (Å²) in [7, 11) is 0. The molecule has 0 heterocycles. The van der Waals surface area contributed by atoms with Gasteiger partial charge in [-0.15, -0.1) is 0 Å². The Bertz CT molecular complexity index is 1610. The van der Waals surface area contributed by atoms with Crippen LogP contribution in [-0.4, -0.2) is 22.5 Å². The maximum absolute atomic E-state index is 13.4. The van der Waals surface area contributed by atoms with Crippen LogP contribution in [0.5, 0.6) is 0 Å². The molecule has 198 valence electrons. The monoisotopic (exact) mass is 535 g/mol. The zero-order valence-electron chi connectivity index (χ0n) is 20.9. The minimum atomic E-state index is -0.635. The van der Waals surface area contributed by atoms with Gasteiger partial charge in [0.1, 0.15) is 11.5 Å². The SMILES string of the molecule is O=C(Nc1ccc(C(=O)/C=C/c2ccccc2[N+](=O)[O-])cc1)/C(=C/c1ccc(F)cc1)NC(=O)c1ccccc1. The van der Waals surface area contributed by atoms with E-state index < -0.39 is 22.6 Å². The van der Waals surface area contributed by atoms with Gasteiger partial charge < -0.3 is 10.6 Å². The summed E-state index contributed by atoms with van der Waals surface area (Å²) >= 11 is 0. The molecule has 0 fully saturated rings. The van der Waals surface area contributed by atoms with E-state index in [1.54, 1.807) is 36.4 Å². The van der Waals surface area contributed by atoms with Crippen LogP contribution in [-0.2, 0) is 4.79 Å². The summed E-state index contributed by atoms with van der Waals surface area (Å²) in [5.74, 6) is -1.97. The third-order valence-electron chi connectivity index (χ3n) is 5.68. The van der Waals surface area contributed by atoms with E-state index in [1.807, 2.05) is 0 Å². The molecular formula is C31H22FN3O5. The molecule has 0 spiro atoms. The number of carbonyl (C=O) groups is 3. The number of benzene rings is 4. The van der Waals surface area contributed by atoms with Gasteiger partial charge in [-0.3, -0.25) is 24.5 Å². The van der Waals surface area contributed by atoms with Gasteiger partial charge >= 0.3 is 0 Å². The molecule has 9 heteroatoms. The number of allylic oxidation sites excluding steroid dienone is 1. The van der Waals surface area contributed by atoms with Gasteiger partial charge in [0.25, 0.3) is 17.5 Å². The fourth-order valence-corrected chi connectivity index (χ4v) is 3.64. The highest BCUT2D eigenvalue weighted by atomic mass is 19.1. The van der Waals surface area contributed by atoms with E-state index in [1.165, 1.54) is 85.0 Å². The minimum absolute atomic E-state index is 0.0759. The molecule has 0 aromatic heterocycles. The van der Waals surface area contributed by atoms with E-state index in [9.17, 15) is 28.9 Å². The van der Waals surface area contributed by atoms with Gasteiger partial charge in [-0.2, -0.15) is 0 Å². The predicted molar refractivity (Wildman–Crippen MR) is 150 cm³/mol. The van der Waals surface area contributed by atoms with Crippen LogP contribution < -0.4 is 10.6 Å². The molecule has 4 aromatic carbocycles. The van der Waals surface area contributed by atoms with Gasteiger partial charge in [0.15, 0.2) is 5.78 Å². The number of nitro groups is 1. The number of nitrogens with one attached hydrogen (secondary N) is 2. The number of rotatable bonds is 9. The molecule has 0 aliphatic rings. The Morgan fingerprint density at radius 3 is 2.10 bits per heavy atom. The fourth-order valence-electron chi connectivity index (χ4n) is 3.64. The lowest BCUT2D eigenvalue weighted by Gasteiger charge is -2.12. The van der Waals surface area contributed by atoms with Crippen molar-refractivity contribution >= 4 is 41.1 Å². The third kappa shape index (κ3) is 7.20. The quantitative estimate of drug-likeness (QED) is 0.117. The van der Waals surface area contributed by atoms with Crippen LogP contribution in [0.1, 0.15) is 31.8 Å². The molecule has 2 N–H and O–H groups in total. The van der Waals surface area contributed by atoms with E-state index in [-0.39, 0.29) is 17.2 Å². The first-order chi connectivity index (χ1) is 19.3. The molecule has 0 unspecified atom stereocenters. The number of halogens is 1. The Labute approximate surface area is 228 Å². The van der Waals surface area contributed by atoms with Crippen LogP contribution in [0.2, 0.25) is 0 Å². The highest BCUT2D eigenvalue weighted by molar-refractivity contribution is 6.11. The van der Waals surface area contributed by atoms with Crippen LogP contribution >= 0.6 is 0 Å². The van der Waals surface area contributed by atoms with Crippen molar-refractivity contribution in [2.75, 3.05) is 5.32 Å². The second-order valence-electron chi connectivity index (χ2n) is 8.47. The van der Waals surface area contributed by atoms with Gasteiger partial charge in [0, 0.05) is 22.9 Å². The summed E-state index contributed by atoms with van der Waals surface area (Å²) in [6.07, 6.45) is 4.03. The average molecular weight is 536 g/mol. The molecule has 0 aliphatic heterocycles. The number of nitrogens with zero attached hydrogens (tertiary/aromatic N) is 1. The molecule has 0 radical (unpaired) electrons. The number of anilines is 1. The van der Waals surface area contributed by atoms with Gasteiger partial charge in [-0.05, 0) is 78.4 Å². The maximum atomic E-state index is 13.4. The molecule has 0 bridgehead atoms. The van der Waals surface area contributed by atoms with Crippen molar-refractivity contribution in [2.24, 2.45) is 0 Å². The lowest BCUT2D eigenvalue weighted by molar-refractivity contribution is -0.385. The van der Waals surface area contributed by atoms with Crippen molar-refractivity contribution in [3.63, 3.8) is 0 Å². The normalized spacial score (nSPS) is 11.2. The number of ketones is 1. The largest absolute Gasteiger partial charge is 0.321 e. The van der Waals surface area contributed by atoms with Gasteiger partial charge in [0.05, 0.1) is 10.5 Å². The van der Waals surface area contributed by atoms with E-state index in [4.69, 9.17) is 0 Å². The summed E-state index contributed by atoms with van der Waals surface area (Å²) in [6, 6.07) is 25.8. The zero-order valence-corrected chi connectivity index (χ0v) is 20.9. The Balaban J connectivity index is 1.49. The molecule has 4 aromatic rings. The molecule has 0 atom stereocenters. The van der Waals surface area contributed by atoms with Crippen LogP contribution in [0.15, 0.2) is 115 Å². The fraction of sp³-hybridized carbons (Fsp3) is 0. The summed E-state index contributed by atoms with van der Waals surface area (Å²) in [5, 5.41) is 16.4. The number of carbonyl (C=O) groups excluding carboxylic acids is 3. The molecular weight excluding hydrogens is 513 g/mol. The van der Waals surface area contributed by atoms with E-state index in [2.05, 4.69) is 10.6 Å². The molecule has 0 saturated carbocycles. The molecule has 8 nitrogen and oxygen atoms in total. The van der Waals surface area contributed by atoms with Crippen LogP contribution in [0, 0.1) is 15.9 Å². The number of hydrogen-bond donors (Lipinski definition) is 2. The van der Waals surface area contributed by atoms with E-state index in [0.29, 0.717) is 27.9 Å². The van der Waals surface area contributed by atoms with Crippen molar-refractivity contribution < 1.29 is 23.7 Å². The average Bonchev–Trinajstić information content (AvgIpc) is 2.97. The van der Waals surface area contributed by atoms with Crippen molar-refractivity contribution in [3.05, 3.63) is 153 Å². The summed E-state index contributed by atoms with van der Waals surface area (Å²) in [5.41, 5.74) is 1.59. The molecule has 4 rings (SSSR count). The van der Waals surface area contributed by atoms with Crippen molar-refractivity contribution in [2.45, 2.75) is 0 Å². The van der Waals surface area contributed by atoms with Gasteiger partial charge in [-0.1, -0.05) is 42.5 Å². The number of nitro benzene ring substituents is 1. The highest BCUT2D eigenvalue weighted by Gasteiger charge is 2.16. The van der Waals surface area contributed by atoms with Crippen molar-refractivity contribution in [1.29, 1.82) is 0 Å². The lowest BCUT2D eigenvalue weighted by atomic mass is 10.1. The van der Waals surface area contributed by atoms with Crippen molar-refractivity contribution in [3.8, 4) is 0 Å². The molecule has 2 amide bonds. The zero-order chi connectivity index (χ0) is 28.5. The third-order valence-corrected chi connectivity index (χ3v) is 5.68. The smallest absolute Gasteiger partial charge is 0.276 e. The van der Waals surface area contributed by atoms with Crippen molar-refractivity contribution in [1.82, 2.24) is 5.32 Å². The van der Waals surface area contributed by atoms with Crippen LogP contribution in [0.25, 0.3) is 12.2 Å². The first-order valence-electron chi connectivity index (χ1n) is 12.0. The lowest BCUT2D eigenvalue weighted by Crippen LogP contribution is -2.30. The second kappa shape index (κ2) is 12.7. The van der Waals surface area contributed by atoms with Crippen LogP contribution in [0.4, 0.5) is 15.8 Å². The minimum Gasteiger partial charge on any atom is -0.321 e. The summed E-state index contributed by atoms with van der Waals surface area (Å²) in [6.45, 7) is 0. The molecule has 0 saturated heterocycles. The predicted octanol–water partition coefficient (Wildman–Crippen LogP) is 6.04. The summed E-state index contributed by atoms with van der Waals surface area (Å²) in [4.78, 5) is 49.1. The summed E-state index contributed by atoms with van der Waals surface area (Å²) < 4.78 is 13.4. The first kappa shape index (κ1) is 27.3. The van der Waals surface area contributed by atoms with Gasteiger partial charge in [-0.25, -0.2) is 4.39 Å².